The summed E-state index contributed by atoms with van der Waals surface area (Å²) < 4.78 is 0. The van der Waals surface area contributed by atoms with Crippen LogP contribution in [0.5, 0.6) is 0 Å². The quantitative estimate of drug-likeness (QED) is 0.664. The zero-order valence-corrected chi connectivity index (χ0v) is 9.48. The Labute approximate surface area is 98.1 Å². The molecule has 5 nitrogen and oxygen atoms in total. The molecule has 1 rings (SSSR count). The van der Waals surface area contributed by atoms with Crippen LogP contribution in [-0.2, 0) is 4.79 Å². The zero-order valence-electron chi connectivity index (χ0n) is 8.72. The molecule has 1 amide bonds. The number of pyridine rings is 1. The Morgan fingerprint density at radius 2 is 2.31 bits per heavy atom. The molecule has 2 unspecified atom stereocenters. The number of rotatable bonds is 4. The highest BCUT2D eigenvalue weighted by Crippen LogP contribution is 2.18. The number of halogens is 1. The first kappa shape index (κ1) is 12.9. The van der Waals surface area contributed by atoms with Crippen LogP contribution in [0.2, 0.25) is 5.15 Å². The van der Waals surface area contributed by atoms with E-state index < -0.39 is 12.2 Å². The Kier molecular flexibility index (Phi) is 4.67. The van der Waals surface area contributed by atoms with Crippen LogP contribution in [0.1, 0.15) is 18.6 Å². The number of nitrogens with one attached hydrogen (secondary N) is 1. The fraction of sp³-hybridized carbons (Fsp3) is 0.400. The number of amides is 1. The maximum Gasteiger partial charge on any atom is 0.216 e. The van der Waals surface area contributed by atoms with Crippen molar-refractivity contribution >= 4 is 17.5 Å². The molecule has 1 aromatic heterocycles. The molecule has 1 heterocycles. The fourth-order valence-corrected chi connectivity index (χ4v) is 1.37. The van der Waals surface area contributed by atoms with E-state index in [9.17, 15) is 15.0 Å². The number of nitrogens with zero attached hydrogens (tertiary/aromatic N) is 1. The van der Waals surface area contributed by atoms with Gasteiger partial charge in [-0.05, 0) is 17.7 Å². The van der Waals surface area contributed by atoms with Crippen LogP contribution in [0.4, 0.5) is 0 Å². The highest BCUT2D eigenvalue weighted by atomic mass is 35.5. The first-order chi connectivity index (χ1) is 7.50. The molecule has 0 bridgehead atoms. The van der Waals surface area contributed by atoms with Gasteiger partial charge in [-0.25, -0.2) is 4.98 Å². The topological polar surface area (TPSA) is 82.5 Å². The molecule has 6 heteroatoms. The highest BCUT2D eigenvalue weighted by molar-refractivity contribution is 6.29. The second-order valence-corrected chi connectivity index (χ2v) is 3.75. The number of aromatic nitrogens is 1. The first-order valence-electron chi connectivity index (χ1n) is 4.72. The zero-order chi connectivity index (χ0) is 12.1. The molecule has 0 aliphatic rings. The van der Waals surface area contributed by atoms with Gasteiger partial charge in [-0.15, -0.1) is 0 Å². The second kappa shape index (κ2) is 5.79. The van der Waals surface area contributed by atoms with Gasteiger partial charge in [0.25, 0.3) is 0 Å². The maximum atomic E-state index is 10.6. The molecule has 88 valence electrons. The summed E-state index contributed by atoms with van der Waals surface area (Å²) in [6.45, 7) is 1.32. The summed E-state index contributed by atoms with van der Waals surface area (Å²) in [5, 5.41) is 22.0. The van der Waals surface area contributed by atoms with E-state index in [1.807, 2.05) is 0 Å². The molecule has 0 fully saturated rings. The Morgan fingerprint density at radius 3 is 2.88 bits per heavy atom. The third-order valence-electron chi connectivity index (χ3n) is 2.02. The largest absolute Gasteiger partial charge is 0.388 e. The van der Waals surface area contributed by atoms with E-state index in [4.69, 9.17) is 11.6 Å². The number of carbonyl (C=O) groups excluding carboxylic acids is 1. The summed E-state index contributed by atoms with van der Waals surface area (Å²) in [4.78, 5) is 14.4. The van der Waals surface area contributed by atoms with E-state index in [2.05, 4.69) is 10.3 Å². The van der Waals surface area contributed by atoms with E-state index in [0.717, 1.165) is 0 Å². The molecule has 0 aliphatic heterocycles. The fourth-order valence-electron chi connectivity index (χ4n) is 1.18. The minimum atomic E-state index is -1.10. The van der Waals surface area contributed by atoms with Crippen LogP contribution < -0.4 is 5.32 Å². The molecule has 0 saturated heterocycles. The average molecular weight is 245 g/mol. The predicted molar refractivity (Wildman–Crippen MR) is 58.9 cm³/mol. The van der Waals surface area contributed by atoms with Gasteiger partial charge in [-0.1, -0.05) is 11.6 Å². The van der Waals surface area contributed by atoms with Crippen molar-refractivity contribution in [1.29, 1.82) is 0 Å². The van der Waals surface area contributed by atoms with Gasteiger partial charge in [0.05, 0.1) is 0 Å². The van der Waals surface area contributed by atoms with Crippen molar-refractivity contribution in [1.82, 2.24) is 10.3 Å². The summed E-state index contributed by atoms with van der Waals surface area (Å²) in [5.74, 6) is -0.265. The lowest BCUT2D eigenvalue weighted by Gasteiger charge is -2.18. The van der Waals surface area contributed by atoms with Gasteiger partial charge in [0, 0.05) is 19.7 Å². The molecule has 0 aromatic carbocycles. The summed E-state index contributed by atoms with van der Waals surface area (Å²) in [5.41, 5.74) is 0.456. The summed E-state index contributed by atoms with van der Waals surface area (Å²) in [7, 11) is 0. The summed E-state index contributed by atoms with van der Waals surface area (Å²) in [6, 6.07) is 3.01. The predicted octanol–water partition coefficient (Wildman–Crippen LogP) is 0.265. The van der Waals surface area contributed by atoms with Crippen LogP contribution in [-0.4, -0.2) is 33.8 Å². The van der Waals surface area contributed by atoms with Crippen molar-refractivity contribution in [3.8, 4) is 0 Å². The lowest BCUT2D eigenvalue weighted by Crippen LogP contribution is -2.34. The molecule has 1 aromatic rings. The van der Waals surface area contributed by atoms with Crippen molar-refractivity contribution in [3.63, 3.8) is 0 Å². The number of hydrogen-bond acceptors (Lipinski definition) is 4. The molecular weight excluding hydrogens is 232 g/mol. The van der Waals surface area contributed by atoms with E-state index in [1.54, 1.807) is 6.07 Å². The lowest BCUT2D eigenvalue weighted by molar-refractivity contribution is -0.119. The van der Waals surface area contributed by atoms with Gasteiger partial charge in [0.15, 0.2) is 0 Å². The van der Waals surface area contributed by atoms with Crippen LogP contribution in [0.25, 0.3) is 0 Å². The third kappa shape index (κ3) is 3.77. The monoisotopic (exact) mass is 244 g/mol. The van der Waals surface area contributed by atoms with Crippen LogP contribution in [0.15, 0.2) is 18.3 Å². The number of aliphatic hydroxyl groups is 2. The van der Waals surface area contributed by atoms with Crippen molar-refractivity contribution in [2.75, 3.05) is 6.54 Å². The molecule has 0 spiro atoms. The molecular formula is C10H13ClN2O3. The summed E-state index contributed by atoms with van der Waals surface area (Å²) in [6.07, 6.45) is -0.749. The van der Waals surface area contributed by atoms with Gasteiger partial charge in [0.1, 0.15) is 17.4 Å². The Bertz CT molecular complexity index is 373. The van der Waals surface area contributed by atoms with Gasteiger partial charge >= 0.3 is 0 Å². The highest BCUT2D eigenvalue weighted by Gasteiger charge is 2.18. The number of aliphatic hydroxyl groups excluding tert-OH is 2. The van der Waals surface area contributed by atoms with Gasteiger partial charge < -0.3 is 15.5 Å². The minimum Gasteiger partial charge on any atom is -0.388 e. The Balaban J connectivity index is 2.62. The normalized spacial score (nSPS) is 14.2. The van der Waals surface area contributed by atoms with E-state index >= 15 is 0 Å². The molecule has 0 radical (unpaired) electrons. The third-order valence-corrected chi connectivity index (χ3v) is 2.22. The second-order valence-electron chi connectivity index (χ2n) is 3.36. The SMILES string of the molecule is CC(=O)NCC(O)C(O)c1ccnc(Cl)c1. The number of carbonyl (C=O) groups is 1. The molecule has 2 atom stereocenters. The number of hydrogen-bond donors (Lipinski definition) is 3. The van der Waals surface area contributed by atoms with Crippen molar-refractivity contribution in [2.24, 2.45) is 0 Å². The minimum absolute atomic E-state index is 0.0174. The smallest absolute Gasteiger partial charge is 0.216 e. The van der Waals surface area contributed by atoms with Crippen molar-refractivity contribution < 1.29 is 15.0 Å². The van der Waals surface area contributed by atoms with Crippen molar-refractivity contribution in [3.05, 3.63) is 29.0 Å². The standard InChI is InChI=1S/C10H13ClN2O3/c1-6(14)13-5-8(15)10(16)7-2-3-12-9(11)4-7/h2-4,8,10,15-16H,5H2,1H3,(H,13,14). The van der Waals surface area contributed by atoms with Gasteiger partial charge in [-0.2, -0.15) is 0 Å². The maximum absolute atomic E-state index is 10.6. The first-order valence-corrected chi connectivity index (χ1v) is 5.10. The van der Waals surface area contributed by atoms with Crippen LogP contribution in [0, 0.1) is 0 Å². The lowest BCUT2D eigenvalue weighted by atomic mass is 10.1. The van der Waals surface area contributed by atoms with E-state index in [0.29, 0.717) is 5.56 Å². The van der Waals surface area contributed by atoms with E-state index in [1.165, 1.54) is 19.2 Å². The van der Waals surface area contributed by atoms with Crippen molar-refractivity contribution in [2.45, 2.75) is 19.1 Å². The summed E-state index contributed by atoms with van der Waals surface area (Å²) >= 11 is 5.65. The molecule has 0 aliphatic carbocycles. The van der Waals surface area contributed by atoms with Gasteiger partial charge in [-0.3, -0.25) is 4.79 Å². The molecule has 16 heavy (non-hydrogen) atoms. The average Bonchev–Trinajstić information content (AvgIpc) is 2.24. The van der Waals surface area contributed by atoms with Crippen LogP contribution >= 0.6 is 11.6 Å². The molecule has 0 saturated carbocycles. The van der Waals surface area contributed by atoms with E-state index in [-0.39, 0.29) is 17.6 Å². The van der Waals surface area contributed by atoms with Crippen LogP contribution in [0.3, 0.4) is 0 Å². The molecule has 3 N–H and O–H groups in total. The Hall–Kier alpha value is -1.17. The Morgan fingerprint density at radius 1 is 1.62 bits per heavy atom. The van der Waals surface area contributed by atoms with Gasteiger partial charge in [0.2, 0.25) is 5.91 Å².